The Labute approximate surface area is 108 Å². The van der Waals surface area contributed by atoms with Crippen molar-refractivity contribution >= 4 is 0 Å². The van der Waals surface area contributed by atoms with Crippen molar-refractivity contribution in [3.8, 4) is 0 Å². The van der Waals surface area contributed by atoms with Gasteiger partial charge in [0.25, 0.3) is 0 Å². The van der Waals surface area contributed by atoms with Crippen LogP contribution >= 0.6 is 0 Å². The van der Waals surface area contributed by atoms with Crippen LogP contribution in [0.5, 0.6) is 0 Å². The van der Waals surface area contributed by atoms with Gasteiger partial charge in [0, 0.05) is 18.5 Å². The Morgan fingerprint density at radius 2 is 1.78 bits per heavy atom. The maximum Gasteiger partial charge on any atom is 0.389 e. The van der Waals surface area contributed by atoms with E-state index in [2.05, 4.69) is 11.8 Å². The molecule has 2 N–H and O–H groups in total. The molecule has 1 aliphatic rings. The van der Waals surface area contributed by atoms with E-state index in [1.54, 1.807) is 0 Å². The Morgan fingerprint density at radius 3 is 2.22 bits per heavy atom. The predicted molar refractivity (Wildman–Crippen MR) is 67.4 cm³/mol. The first-order valence-corrected chi connectivity index (χ1v) is 6.95. The molecule has 0 aliphatic heterocycles. The topological polar surface area (TPSA) is 29.3 Å². The number of hydrogen-bond acceptors (Lipinski definition) is 2. The van der Waals surface area contributed by atoms with Crippen molar-refractivity contribution in [1.82, 2.24) is 4.90 Å². The Kier molecular flexibility index (Phi) is 5.92. The lowest BCUT2D eigenvalue weighted by Gasteiger charge is -2.41. The maximum atomic E-state index is 12.2. The molecule has 0 bridgehead atoms. The first-order chi connectivity index (χ1) is 8.43. The summed E-state index contributed by atoms with van der Waals surface area (Å²) in [5.41, 5.74) is 5.87. The Bertz CT molecular complexity index is 235. The van der Waals surface area contributed by atoms with E-state index in [0.29, 0.717) is 13.1 Å². The van der Waals surface area contributed by atoms with Crippen LogP contribution in [0.1, 0.15) is 51.9 Å². The van der Waals surface area contributed by atoms with E-state index in [1.165, 1.54) is 0 Å². The minimum absolute atomic E-state index is 0.0262. The van der Waals surface area contributed by atoms with Gasteiger partial charge in [0.05, 0.1) is 0 Å². The molecule has 0 saturated heterocycles. The lowest BCUT2D eigenvalue weighted by atomic mass is 9.94. The van der Waals surface area contributed by atoms with E-state index in [9.17, 15) is 13.2 Å². The van der Waals surface area contributed by atoms with Crippen LogP contribution in [0.3, 0.4) is 0 Å². The van der Waals surface area contributed by atoms with Crippen LogP contribution in [0.15, 0.2) is 0 Å². The van der Waals surface area contributed by atoms with E-state index >= 15 is 0 Å². The van der Waals surface area contributed by atoms with E-state index in [0.717, 1.165) is 38.6 Å². The fraction of sp³-hybridized carbons (Fsp3) is 1.00. The van der Waals surface area contributed by atoms with Gasteiger partial charge in [-0.3, -0.25) is 4.90 Å². The minimum atomic E-state index is -4.04. The number of halogens is 3. The molecular weight excluding hydrogens is 241 g/mol. The number of nitrogens with zero attached hydrogens (tertiary/aromatic N) is 1. The Balaban J connectivity index is 2.53. The normalized spacial score (nSPS) is 19.7. The van der Waals surface area contributed by atoms with Crippen LogP contribution in [0.4, 0.5) is 13.2 Å². The second-order valence-corrected chi connectivity index (χ2v) is 5.34. The van der Waals surface area contributed by atoms with Gasteiger partial charge in [-0.15, -0.1) is 0 Å². The summed E-state index contributed by atoms with van der Waals surface area (Å²) in [4.78, 5) is 2.21. The van der Waals surface area contributed by atoms with Crippen LogP contribution in [0.25, 0.3) is 0 Å². The molecule has 0 aromatic rings. The summed E-state index contributed by atoms with van der Waals surface area (Å²) in [6.45, 7) is 4.01. The smallest absolute Gasteiger partial charge is 0.329 e. The third kappa shape index (κ3) is 4.43. The molecule has 1 fully saturated rings. The minimum Gasteiger partial charge on any atom is -0.329 e. The van der Waals surface area contributed by atoms with Crippen LogP contribution in [-0.4, -0.2) is 36.2 Å². The molecule has 5 heteroatoms. The summed E-state index contributed by atoms with van der Waals surface area (Å²) in [6, 6.07) is 0. The van der Waals surface area contributed by atoms with Gasteiger partial charge in [-0.2, -0.15) is 13.2 Å². The molecule has 18 heavy (non-hydrogen) atoms. The van der Waals surface area contributed by atoms with E-state index in [4.69, 9.17) is 5.73 Å². The van der Waals surface area contributed by atoms with Crippen LogP contribution in [0.2, 0.25) is 0 Å². The number of hydrogen-bond donors (Lipinski definition) is 1. The highest BCUT2D eigenvalue weighted by atomic mass is 19.4. The van der Waals surface area contributed by atoms with Crippen molar-refractivity contribution < 1.29 is 13.2 Å². The highest BCUT2D eigenvalue weighted by Gasteiger charge is 2.38. The first-order valence-electron chi connectivity index (χ1n) is 6.95. The predicted octanol–water partition coefficient (Wildman–Crippen LogP) is 3.31. The molecule has 1 aliphatic carbocycles. The molecule has 0 spiro atoms. The zero-order valence-corrected chi connectivity index (χ0v) is 11.2. The van der Waals surface area contributed by atoms with Crippen LogP contribution in [0, 0.1) is 0 Å². The third-order valence-corrected chi connectivity index (χ3v) is 3.97. The highest BCUT2D eigenvalue weighted by Crippen LogP contribution is 2.35. The van der Waals surface area contributed by atoms with Gasteiger partial charge < -0.3 is 5.73 Å². The second kappa shape index (κ2) is 6.75. The molecule has 0 radical (unpaired) electrons. The molecule has 1 saturated carbocycles. The van der Waals surface area contributed by atoms with Crippen molar-refractivity contribution in [3.63, 3.8) is 0 Å². The van der Waals surface area contributed by atoms with Gasteiger partial charge in [0.15, 0.2) is 0 Å². The van der Waals surface area contributed by atoms with Crippen molar-refractivity contribution in [1.29, 1.82) is 0 Å². The average molecular weight is 266 g/mol. The molecule has 0 atom stereocenters. The van der Waals surface area contributed by atoms with Crippen molar-refractivity contribution in [2.45, 2.75) is 63.6 Å². The molecule has 2 nitrogen and oxygen atoms in total. The lowest BCUT2D eigenvalue weighted by molar-refractivity contribution is -0.136. The van der Waals surface area contributed by atoms with E-state index in [1.807, 2.05) is 0 Å². The van der Waals surface area contributed by atoms with Crippen LogP contribution < -0.4 is 5.73 Å². The summed E-state index contributed by atoms with van der Waals surface area (Å²) >= 11 is 0. The van der Waals surface area contributed by atoms with Gasteiger partial charge in [-0.25, -0.2) is 0 Å². The van der Waals surface area contributed by atoms with Crippen molar-refractivity contribution in [3.05, 3.63) is 0 Å². The standard InChI is InChI=1S/C13H25F3N2/c1-2-9-18(10-5-8-13(14,15)16)12(11-17)6-3-4-7-12/h2-11,17H2,1H3. The maximum absolute atomic E-state index is 12.2. The zero-order valence-electron chi connectivity index (χ0n) is 11.2. The fourth-order valence-electron chi connectivity index (χ4n) is 3.01. The summed E-state index contributed by atoms with van der Waals surface area (Å²) in [5, 5.41) is 0. The number of rotatable bonds is 7. The average Bonchev–Trinajstić information content (AvgIpc) is 2.76. The monoisotopic (exact) mass is 266 g/mol. The van der Waals surface area contributed by atoms with Crippen LogP contribution in [-0.2, 0) is 0 Å². The largest absolute Gasteiger partial charge is 0.389 e. The summed E-state index contributed by atoms with van der Waals surface area (Å²) in [6.07, 6.45) is 0.800. The van der Waals surface area contributed by atoms with Crippen molar-refractivity contribution in [2.75, 3.05) is 19.6 Å². The molecular formula is C13H25F3N2. The number of alkyl halides is 3. The highest BCUT2D eigenvalue weighted by molar-refractivity contribution is 4.95. The quantitative estimate of drug-likeness (QED) is 0.766. The van der Waals surface area contributed by atoms with Crippen molar-refractivity contribution in [2.24, 2.45) is 5.73 Å². The molecule has 108 valence electrons. The van der Waals surface area contributed by atoms with Gasteiger partial charge in [-0.1, -0.05) is 19.8 Å². The zero-order chi connectivity index (χ0) is 13.6. The molecule has 0 amide bonds. The summed E-state index contributed by atoms with van der Waals surface area (Å²) in [5.74, 6) is 0. The summed E-state index contributed by atoms with van der Waals surface area (Å²) < 4.78 is 36.6. The van der Waals surface area contributed by atoms with E-state index < -0.39 is 12.6 Å². The molecule has 0 aromatic heterocycles. The van der Waals surface area contributed by atoms with Gasteiger partial charge in [0.1, 0.15) is 0 Å². The molecule has 0 heterocycles. The Hall–Kier alpha value is -0.290. The number of nitrogens with two attached hydrogens (primary N) is 1. The first kappa shape index (κ1) is 15.8. The van der Waals surface area contributed by atoms with E-state index in [-0.39, 0.29) is 12.0 Å². The summed E-state index contributed by atoms with van der Waals surface area (Å²) in [7, 11) is 0. The van der Waals surface area contributed by atoms with Gasteiger partial charge in [-0.05, 0) is 38.8 Å². The second-order valence-electron chi connectivity index (χ2n) is 5.34. The molecule has 0 unspecified atom stereocenters. The lowest BCUT2D eigenvalue weighted by Crippen LogP contribution is -2.52. The Morgan fingerprint density at radius 1 is 1.17 bits per heavy atom. The molecule has 1 rings (SSSR count). The third-order valence-electron chi connectivity index (χ3n) is 3.97. The van der Waals surface area contributed by atoms with Gasteiger partial charge in [0.2, 0.25) is 0 Å². The fourth-order valence-corrected chi connectivity index (χ4v) is 3.01. The molecule has 0 aromatic carbocycles. The SMILES string of the molecule is CCCN(CCCC(F)(F)F)C1(CN)CCCC1. The van der Waals surface area contributed by atoms with Gasteiger partial charge >= 0.3 is 6.18 Å².